The largest absolute Gasteiger partial charge is 0.515 e. The smallest absolute Gasteiger partial charge is 0.273 e. The van der Waals surface area contributed by atoms with Crippen molar-refractivity contribution in [3.63, 3.8) is 0 Å². The Kier molecular flexibility index (Phi) is 5.73. The number of ether oxygens (including phenoxy) is 1. The number of fused-ring (bicyclic) bond motifs is 1. The lowest BCUT2D eigenvalue weighted by Gasteiger charge is -2.27. The minimum atomic E-state index is -1.85. The Balaban J connectivity index is 2.06. The monoisotopic (exact) mass is 409 g/mol. The first-order valence-electron chi connectivity index (χ1n) is 8.66. The molecule has 9 nitrogen and oxygen atoms in total. The minimum absolute atomic E-state index is 0.0676. The first-order chi connectivity index (χ1) is 14.4. The van der Waals surface area contributed by atoms with Crippen LogP contribution in [0.4, 0.5) is 0 Å². The van der Waals surface area contributed by atoms with Gasteiger partial charge in [0.25, 0.3) is 6.04 Å². The summed E-state index contributed by atoms with van der Waals surface area (Å²) in [6, 6.07) is 9.55. The van der Waals surface area contributed by atoms with E-state index in [1.807, 2.05) is 0 Å². The molecular weight excluding hydrogens is 394 g/mol. The van der Waals surface area contributed by atoms with Crippen LogP contribution in [0.5, 0.6) is 11.5 Å². The van der Waals surface area contributed by atoms with E-state index >= 15 is 0 Å². The average Bonchev–Trinajstić information content (AvgIpc) is 2.74. The highest BCUT2D eigenvalue weighted by molar-refractivity contribution is 6.21. The fourth-order valence-electron chi connectivity index (χ4n) is 3.06. The number of benzene rings is 2. The van der Waals surface area contributed by atoms with Gasteiger partial charge in [-0.05, 0) is 24.3 Å². The molecule has 2 unspecified atom stereocenters. The molecule has 2 atom stereocenters. The van der Waals surface area contributed by atoms with Gasteiger partial charge in [0, 0.05) is 11.0 Å². The van der Waals surface area contributed by atoms with Crippen LogP contribution in [0.1, 0.15) is 20.7 Å². The zero-order chi connectivity index (χ0) is 21.8. The van der Waals surface area contributed by atoms with Gasteiger partial charge in [-0.1, -0.05) is 24.3 Å². The molecule has 0 aliphatic carbocycles. The van der Waals surface area contributed by atoms with Gasteiger partial charge in [0.15, 0.2) is 17.9 Å². The molecular formula is C21H15NO8. The summed E-state index contributed by atoms with van der Waals surface area (Å²) in [5.41, 5.74) is -1.11. The fraction of sp³-hybridized carbons (Fsp3) is 0.0952. The maximum Gasteiger partial charge on any atom is 0.273 e. The summed E-state index contributed by atoms with van der Waals surface area (Å²) in [6.45, 7) is 0. The first-order valence-corrected chi connectivity index (χ1v) is 8.66. The molecule has 30 heavy (non-hydrogen) atoms. The highest BCUT2D eigenvalue weighted by atomic mass is 16.6. The van der Waals surface area contributed by atoms with Crippen LogP contribution in [-0.2, 0) is 4.79 Å². The molecule has 0 saturated carbocycles. The molecule has 2 N–H and O–H groups in total. The highest BCUT2D eigenvalue weighted by Gasteiger charge is 2.43. The number of aliphatic hydroxyl groups excluding tert-OH is 1. The van der Waals surface area contributed by atoms with Gasteiger partial charge in [-0.15, -0.1) is 0 Å². The predicted molar refractivity (Wildman–Crippen MR) is 103 cm³/mol. The molecule has 2 aromatic carbocycles. The third-order valence-electron chi connectivity index (χ3n) is 4.54. The number of rotatable bonds is 6. The van der Waals surface area contributed by atoms with E-state index in [0.29, 0.717) is 6.26 Å². The molecule has 1 heterocycles. The average molecular weight is 409 g/mol. The zero-order valence-corrected chi connectivity index (χ0v) is 15.3. The molecule has 0 fully saturated rings. The molecule has 9 heteroatoms. The second kappa shape index (κ2) is 8.39. The summed E-state index contributed by atoms with van der Waals surface area (Å²) in [5.74, 6) is -1.95. The standard InChI is InChI=1S/C21H15NO8/c23-10-12(19(26)13-5-1-3-7-17(13)25)9-16(22(28)29)21-15(11-24)20(27)14-6-2-4-8-18(14)30-21/h1-11,16,21,24-25H/b12-9+,15-11+. The van der Waals surface area contributed by atoms with E-state index in [9.17, 15) is 34.7 Å². The molecule has 0 radical (unpaired) electrons. The Hall–Kier alpha value is -4.27. The number of phenols is 1. The number of hydrogen-bond acceptors (Lipinski definition) is 8. The summed E-state index contributed by atoms with van der Waals surface area (Å²) in [7, 11) is 0. The van der Waals surface area contributed by atoms with E-state index < -0.39 is 45.5 Å². The lowest BCUT2D eigenvalue weighted by molar-refractivity contribution is -0.517. The van der Waals surface area contributed by atoms with Crippen molar-refractivity contribution in [2.24, 2.45) is 0 Å². The lowest BCUT2D eigenvalue weighted by atomic mass is 9.90. The Morgan fingerprint density at radius 3 is 2.47 bits per heavy atom. The van der Waals surface area contributed by atoms with E-state index in [0.717, 1.165) is 6.08 Å². The third-order valence-corrected chi connectivity index (χ3v) is 4.54. The van der Waals surface area contributed by atoms with Crippen molar-refractivity contribution in [1.29, 1.82) is 0 Å². The van der Waals surface area contributed by atoms with Crippen LogP contribution in [0.3, 0.4) is 0 Å². The number of nitrogens with zero attached hydrogens (tertiary/aromatic N) is 1. The maximum atomic E-state index is 12.6. The van der Waals surface area contributed by atoms with E-state index in [-0.39, 0.29) is 23.2 Å². The van der Waals surface area contributed by atoms with E-state index in [4.69, 9.17) is 4.74 Å². The molecule has 152 valence electrons. The van der Waals surface area contributed by atoms with E-state index in [2.05, 4.69) is 0 Å². The number of nitro groups is 1. The number of phenolic OH excluding ortho intramolecular Hbond substituents is 1. The van der Waals surface area contributed by atoms with Gasteiger partial charge >= 0.3 is 0 Å². The summed E-state index contributed by atoms with van der Waals surface area (Å²) < 4.78 is 5.57. The zero-order valence-electron chi connectivity index (χ0n) is 15.3. The van der Waals surface area contributed by atoms with Crippen molar-refractivity contribution in [1.82, 2.24) is 0 Å². The van der Waals surface area contributed by atoms with Crippen molar-refractivity contribution >= 4 is 17.9 Å². The van der Waals surface area contributed by atoms with Crippen LogP contribution >= 0.6 is 0 Å². The van der Waals surface area contributed by atoms with Gasteiger partial charge in [-0.3, -0.25) is 24.5 Å². The number of Topliss-reactive ketones (excluding diaryl/α,β-unsaturated/α-hetero) is 2. The highest BCUT2D eigenvalue weighted by Crippen LogP contribution is 2.33. The SMILES string of the molecule is O=C/C(=C\C(C1Oc2ccccc2C(=O)/C1=C\O)[N+](=O)[O-])C(=O)c1ccccc1O. The molecule has 3 rings (SSSR count). The molecule has 0 aromatic heterocycles. The van der Waals surface area contributed by atoms with Gasteiger partial charge < -0.3 is 14.9 Å². The number of hydrogen-bond donors (Lipinski definition) is 2. The quantitative estimate of drug-likeness (QED) is 0.108. The van der Waals surface area contributed by atoms with Crippen molar-refractivity contribution in [3.8, 4) is 11.5 Å². The summed E-state index contributed by atoms with van der Waals surface area (Å²) >= 11 is 0. The van der Waals surface area contributed by atoms with Crippen LogP contribution in [-0.4, -0.2) is 45.1 Å². The number of para-hydroxylation sites is 2. The minimum Gasteiger partial charge on any atom is -0.515 e. The number of carbonyl (C=O) groups excluding carboxylic acids is 3. The van der Waals surface area contributed by atoms with Crippen molar-refractivity contribution in [3.05, 3.63) is 93.3 Å². The lowest BCUT2D eigenvalue weighted by Crippen LogP contribution is -2.43. The number of aliphatic hydroxyl groups is 1. The van der Waals surface area contributed by atoms with E-state index in [1.54, 1.807) is 12.1 Å². The fourth-order valence-corrected chi connectivity index (χ4v) is 3.06. The van der Waals surface area contributed by atoms with Gasteiger partial charge in [0.2, 0.25) is 6.10 Å². The van der Waals surface area contributed by atoms with E-state index in [1.165, 1.54) is 36.4 Å². The summed E-state index contributed by atoms with van der Waals surface area (Å²) in [5, 5.41) is 31.1. The van der Waals surface area contributed by atoms with Crippen molar-refractivity contribution < 1.29 is 34.3 Å². The maximum absolute atomic E-state index is 12.6. The molecule has 0 amide bonds. The summed E-state index contributed by atoms with van der Waals surface area (Å²) in [6.07, 6.45) is -0.304. The topological polar surface area (TPSA) is 144 Å². The van der Waals surface area contributed by atoms with Crippen LogP contribution in [0.15, 0.2) is 72.0 Å². The Morgan fingerprint density at radius 2 is 1.83 bits per heavy atom. The second-order valence-electron chi connectivity index (χ2n) is 6.31. The van der Waals surface area contributed by atoms with Crippen LogP contribution in [0.25, 0.3) is 0 Å². The Morgan fingerprint density at radius 1 is 1.17 bits per heavy atom. The molecule has 1 aliphatic rings. The first kappa shape index (κ1) is 20.5. The molecule has 0 spiro atoms. The summed E-state index contributed by atoms with van der Waals surface area (Å²) in [4.78, 5) is 47.6. The van der Waals surface area contributed by atoms with Crippen LogP contribution < -0.4 is 4.74 Å². The Bertz CT molecular complexity index is 1100. The van der Waals surface area contributed by atoms with Crippen LogP contribution in [0, 0.1) is 10.1 Å². The van der Waals surface area contributed by atoms with Gasteiger partial charge in [-0.2, -0.15) is 0 Å². The number of ketones is 2. The second-order valence-corrected chi connectivity index (χ2v) is 6.31. The normalized spacial score (nSPS) is 18.3. The number of carbonyl (C=O) groups is 3. The number of aldehydes is 1. The molecule has 1 aliphatic heterocycles. The number of allylic oxidation sites excluding steroid dienone is 1. The molecule has 2 aromatic rings. The van der Waals surface area contributed by atoms with Crippen LogP contribution in [0.2, 0.25) is 0 Å². The van der Waals surface area contributed by atoms with Gasteiger partial charge in [0.1, 0.15) is 11.5 Å². The van der Waals surface area contributed by atoms with Crippen molar-refractivity contribution in [2.75, 3.05) is 0 Å². The molecule has 0 saturated heterocycles. The van der Waals surface area contributed by atoms with Crippen molar-refractivity contribution in [2.45, 2.75) is 12.1 Å². The van der Waals surface area contributed by atoms with Gasteiger partial charge in [-0.25, -0.2) is 0 Å². The van der Waals surface area contributed by atoms with Gasteiger partial charge in [0.05, 0.1) is 28.5 Å². The molecule has 0 bridgehead atoms. The number of aromatic hydroxyl groups is 1. The third kappa shape index (κ3) is 3.68. The predicted octanol–water partition coefficient (Wildman–Crippen LogP) is 2.43. The Labute approximate surface area is 169 Å².